The molecule has 0 bridgehead atoms. The van der Waals surface area contributed by atoms with E-state index in [4.69, 9.17) is 5.11 Å². The van der Waals surface area contributed by atoms with Gasteiger partial charge < -0.3 is 5.11 Å². The maximum absolute atomic E-state index is 9.01. The highest BCUT2D eigenvalue weighted by atomic mass is 16.3. The van der Waals surface area contributed by atoms with Crippen LogP contribution in [0.5, 0.6) is 0 Å². The second-order valence-electron chi connectivity index (χ2n) is 5.43. The summed E-state index contributed by atoms with van der Waals surface area (Å²) >= 11 is 0. The highest BCUT2D eigenvalue weighted by Crippen LogP contribution is 2.51. The number of piperidine rings is 1. The molecule has 0 radical (unpaired) electrons. The summed E-state index contributed by atoms with van der Waals surface area (Å²) in [5.41, 5.74) is 0.524. The molecule has 2 rings (SSSR count). The molecule has 0 unspecified atom stereocenters. The van der Waals surface area contributed by atoms with Crippen molar-refractivity contribution in [1.82, 2.24) is 4.90 Å². The van der Waals surface area contributed by atoms with Gasteiger partial charge in [0.25, 0.3) is 0 Å². The lowest BCUT2D eigenvalue weighted by atomic mass is 9.81. The monoisotopic (exact) mass is 197 g/mol. The average molecular weight is 197 g/mol. The van der Waals surface area contributed by atoms with Crippen LogP contribution in [0.25, 0.3) is 0 Å². The van der Waals surface area contributed by atoms with Gasteiger partial charge in [0.1, 0.15) is 0 Å². The minimum absolute atomic E-state index is 0.327. The molecule has 1 N–H and O–H groups in total. The minimum atomic E-state index is 0.327. The van der Waals surface area contributed by atoms with Crippen molar-refractivity contribution in [3.8, 4) is 0 Å². The Balaban J connectivity index is 1.95. The molecule has 2 heteroatoms. The first kappa shape index (κ1) is 10.4. The molecule has 14 heavy (non-hydrogen) atoms. The topological polar surface area (TPSA) is 23.5 Å². The van der Waals surface area contributed by atoms with Crippen LogP contribution in [-0.2, 0) is 0 Å². The Morgan fingerprint density at radius 2 is 2.14 bits per heavy atom. The first-order valence-electron chi connectivity index (χ1n) is 6.04. The third-order valence-corrected chi connectivity index (χ3v) is 4.22. The molecular formula is C12H23NO. The molecule has 0 aromatic carbocycles. The maximum Gasteiger partial charge on any atom is 0.0558 e. The lowest BCUT2D eigenvalue weighted by molar-refractivity contribution is 0.0602. The van der Waals surface area contributed by atoms with Crippen LogP contribution in [0.3, 0.4) is 0 Å². The van der Waals surface area contributed by atoms with E-state index >= 15 is 0 Å². The Morgan fingerprint density at radius 3 is 2.64 bits per heavy atom. The standard InChI is InChI=1S/C12H23NO/c1-10(2)11-3-6-13(7-8-14)12(9-11)4-5-12/h10-11,14H,3-9H2,1-2H3/t11-/m0/s1. The van der Waals surface area contributed by atoms with Crippen LogP contribution in [0.2, 0.25) is 0 Å². The van der Waals surface area contributed by atoms with Gasteiger partial charge in [0.05, 0.1) is 6.61 Å². The quantitative estimate of drug-likeness (QED) is 0.746. The summed E-state index contributed by atoms with van der Waals surface area (Å²) in [5, 5.41) is 9.01. The molecule has 1 aliphatic carbocycles. The largest absolute Gasteiger partial charge is 0.395 e. The Labute approximate surface area is 87.3 Å². The number of hydrogen-bond acceptors (Lipinski definition) is 2. The highest BCUT2D eigenvalue weighted by Gasteiger charge is 2.51. The molecule has 1 atom stereocenters. The van der Waals surface area contributed by atoms with Crippen LogP contribution in [0, 0.1) is 11.8 Å². The van der Waals surface area contributed by atoms with Crippen molar-refractivity contribution in [3.63, 3.8) is 0 Å². The zero-order chi connectivity index (χ0) is 10.2. The average Bonchev–Trinajstić information content (AvgIpc) is 2.90. The maximum atomic E-state index is 9.01. The van der Waals surface area contributed by atoms with Gasteiger partial charge >= 0.3 is 0 Å². The summed E-state index contributed by atoms with van der Waals surface area (Å²) in [6.07, 6.45) is 5.45. The van der Waals surface area contributed by atoms with Gasteiger partial charge in [0.15, 0.2) is 0 Å². The van der Waals surface area contributed by atoms with E-state index in [-0.39, 0.29) is 0 Å². The Bertz CT molecular complexity index is 198. The molecule has 2 nitrogen and oxygen atoms in total. The van der Waals surface area contributed by atoms with E-state index in [0.717, 1.165) is 18.4 Å². The van der Waals surface area contributed by atoms with Crippen LogP contribution < -0.4 is 0 Å². The SMILES string of the molecule is CC(C)[C@H]1CCN(CCO)C2(CC2)C1. The van der Waals surface area contributed by atoms with E-state index in [0.29, 0.717) is 12.1 Å². The van der Waals surface area contributed by atoms with E-state index in [2.05, 4.69) is 18.7 Å². The molecule has 2 fully saturated rings. The Kier molecular flexibility index (Phi) is 2.85. The molecule has 2 aliphatic rings. The lowest BCUT2D eigenvalue weighted by Crippen LogP contribution is -2.46. The summed E-state index contributed by atoms with van der Waals surface area (Å²) in [4.78, 5) is 2.53. The second-order valence-corrected chi connectivity index (χ2v) is 5.43. The normalized spacial score (nSPS) is 31.3. The molecular weight excluding hydrogens is 174 g/mol. The number of β-amino-alcohol motifs (C(OH)–C–C–N with tert-alkyl or cyclic N) is 1. The van der Waals surface area contributed by atoms with Crippen molar-refractivity contribution in [2.24, 2.45) is 11.8 Å². The van der Waals surface area contributed by atoms with E-state index in [1.807, 2.05) is 0 Å². The van der Waals surface area contributed by atoms with Crippen LogP contribution in [0.4, 0.5) is 0 Å². The van der Waals surface area contributed by atoms with Crippen molar-refractivity contribution in [3.05, 3.63) is 0 Å². The summed E-state index contributed by atoms with van der Waals surface area (Å²) in [6, 6.07) is 0. The predicted molar refractivity (Wildman–Crippen MR) is 58.2 cm³/mol. The second kappa shape index (κ2) is 3.82. The van der Waals surface area contributed by atoms with E-state index < -0.39 is 0 Å². The van der Waals surface area contributed by atoms with Gasteiger partial charge in [-0.2, -0.15) is 0 Å². The fraction of sp³-hybridized carbons (Fsp3) is 1.00. The third-order valence-electron chi connectivity index (χ3n) is 4.22. The van der Waals surface area contributed by atoms with Crippen LogP contribution in [-0.4, -0.2) is 35.2 Å². The molecule has 1 saturated heterocycles. The van der Waals surface area contributed by atoms with Gasteiger partial charge in [0, 0.05) is 12.1 Å². The smallest absolute Gasteiger partial charge is 0.0558 e. The van der Waals surface area contributed by atoms with Crippen molar-refractivity contribution in [2.45, 2.75) is 45.1 Å². The lowest BCUT2D eigenvalue weighted by Gasteiger charge is -2.41. The Morgan fingerprint density at radius 1 is 1.43 bits per heavy atom. The number of aliphatic hydroxyl groups excluding tert-OH is 1. The van der Waals surface area contributed by atoms with Gasteiger partial charge in [-0.15, -0.1) is 0 Å². The summed E-state index contributed by atoms with van der Waals surface area (Å²) in [5.74, 6) is 1.76. The van der Waals surface area contributed by atoms with E-state index in [9.17, 15) is 0 Å². The zero-order valence-electron chi connectivity index (χ0n) is 9.50. The predicted octanol–water partition coefficient (Wildman–Crippen LogP) is 1.88. The number of rotatable bonds is 3. The van der Waals surface area contributed by atoms with Crippen molar-refractivity contribution < 1.29 is 5.11 Å². The fourth-order valence-electron chi connectivity index (χ4n) is 2.98. The van der Waals surface area contributed by atoms with Crippen LogP contribution in [0.1, 0.15) is 39.5 Å². The van der Waals surface area contributed by atoms with E-state index in [1.54, 1.807) is 0 Å². The zero-order valence-corrected chi connectivity index (χ0v) is 9.50. The van der Waals surface area contributed by atoms with Crippen molar-refractivity contribution in [2.75, 3.05) is 19.7 Å². The first-order valence-corrected chi connectivity index (χ1v) is 6.04. The molecule has 0 aromatic rings. The highest BCUT2D eigenvalue weighted by molar-refractivity contribution is 5.07. The minimum Gasteiger partial charge on any atom is -0.395 e. The van der Waals surface area contributed by atoms with E-state index in [1.165, 1.54) is 32.2 Å². The van der Waals surface area contributed by atoms with Crippen molar-refractivity contribution in [1.29, 1.82) is 0 Å². The summed E-state index contributed by atoms with van der Waals surface area (Å²) < 4.78 is 0. The van der Waals surface area contributed by atoms with Crippen molar-refractivity contribution >= 4 is 0 Å². The molecule has 0 amide bonds. The molecule has 1 saturated carbocycles. The van der Waals surface area contributed by atoms with Gasteiger partial charge in [0.2, 0.25) is 0 Å². The fourth-order valence-corrected chi connectivity index (χ4v) is 2.98. The number of likely N-dealkylation sites (tertiary alicyclic amines) is 1. The first-order chi connectivity index (χ1) is 6.68. The number of aliphatic hydroxyl groups is 1. The summed E-state index contributed by atoms with van der Waals surface area (Å²) in [7, 11) is 0. The summed E-state index contributed by atoms with van der Waals surface area (Å²) in [6.45, 7) is 7.13. The third kappa shape index (κ3) is 1.82. The molecule has 1 aliphatic heterocycles. The Hall–Kier alpha value is -0.0800. The number of nitrogens with zero attached hydrogens (tertiary/aromatic N) is 1. The molecule has 0 aromatic heterocycles. The van der Waals surface area contributed by atoms with Gasteiger partial charge in [-0.05, 0) is 44.1 Å². The molecule has 82 valence electrons. The van der Waals surface area contributed by atoms with Gasteiger partial charge in [-0.25, -0.2) is 0 Å². The van der Waals surface area contributed by atoms with Gasteiger partial charge in [-0.3, -0.25) is 4.90 Å². The number of hydrogen-bond donors (Lipinski definition) is 1. The van der Waals surface area contributed by atoms with Crippen LogP contribution >= 0.6 is 0 Å². The molecule has 1 heterocycles. The van der Waals surface area contributed by atoms with Crippen LogP contribution in [0.15, 0.2) is 0 Å². The molecule has 1 spiro atoms. The van der Waals surface area contributed by atoms with Gasteiger partial charge in [-0.1, -0.05) is 13.8 Å².